The molecule has 10 heteroatoms. The largest absolute Gasteiger partial charge is 0.509 e. The van der Waals surface area contributed by atoms with Gasteiger partial charge in [-0.3, -0.25) is 4.79 Å². The van der Waals surface area contributed by atoms with Crippen molar-refractivity contribution >= 4 is 12.1 Å². The lowest BCUT2D eigenvalue weighted by molar-refractivity contribution is -0.137. The van der Waals surface area contributed by atoms with Gasteiger partial charge in [0.2, 0.25) is 0 Å². The summed E-state index contributed by atoms with van der Waals surface area (Å²) in [6.07, 6.45) is -4.85. The normalized spacial score (nSPS) is 22.2. The first kappa shape index (κ1) is 17.4. The molecule has 27 heavy (non-hydrogen) atoms. The van der Waals surface area contributed by atoms with E-state index < -0.39 is 36.0 Å². The average Bonchev–Trinajstić information content (AvgIpc) is 3.25. The number of oxazole rings is 1. The third-order valence-corrected chi connectivity index (χ3v) is 4.50. The van der Waals surface area contributed by atoms with E-state index in [2.05, 4.69) is 4.98 Å². The number of nitrogens with zero attached hydrogens (tertiary/aromatic N) is 2. The van der Waals surface area contributed by atoms with Crippen LogP contribution in [0.2, 0.25) is 0 Å². The Morgan fingerprint density at radius 2 is 2.00 bits per heavy atom. The van der Waals surface area contributed by atoms with Crippen LogP contribution in [0, 0.1) is 0 Å². The number of hydrogen-bond donors (Lipinski definition) is 0. The zero-order valence-corrected chi connectivity index (χ0v) is 13.7. The minimum atomic E-state index is -4.52. The lowest BCUT2D eigenvalue weighted by Gasteiger charge is -2.31. The van der Waals surface area contributed by atoms with E-state index in [1.54, 1.807) is 0 Å². The van der Waals surface area contributed by atoms with Crippen molar-refractivity contribution in [2.45, 2.75) is 24.8 Å². The first-order valence-corrected chi connectivity index (χ1v) is 8.10. The summed E-state index contributed by atoms with van der Waals surface area (Å²) < 4.78 is 54.0. The van der Waals surface area contributed by atoms with Gasteiger partial charge < -0.3 is 18.8 Å². The van der Waals surface area contributed by atoms with Gasteiger partial charge in [-0.05, 0) is 12.1 Å². The van der Waals surface area contributed by atoms with E-state index in [1.807, 2.05) is 0 Å². The Labute approximate surface area is 150 Å². The summed E-state index contributed by atoms with van der Waals surface area (Å²) in [5.41, 5.74) is -0.861. The van der Waals surface area contributed by atoms with Gasteiger partial charge in [-0.15, -0.1) is 0 Å². The van der Waals surface area contributed by atoms with Gasteiger partial charge in [0.15, 0.2) is 24.0 Å². The molecule has 2 fully saturated rings. The van der Waals surface area contributed by atoms with Crippen molar-refractivity contribution in [2.75, 3.05) is 13.1 Å². The first-order valence-electron chi connectivity index (χ1n) is 8.10. The summed E-state index contributed by atoms with van der Waals surface area (Å²) in [4.78, 5) is 29.3. The maximum absolute atomic E-state index is 12.9. The molecule has 0 aliphatic carbocycles. The molecule has 7 nitrogen and oxygen atoms in total. The molecule has 1 amide bonds. The summed E-state index contributed by atoms with van der Waals surface area (Å²) in [5, 5.41) is 0. The van der Waals surface area contributed by atoms with Crippen LogP contribution in [0.3, 0.4) is 0 Å². The van der Waals surface area contributed by atoms with Gasteiger partial charge in [-0.1, -0.05) is 12.1 Å². The minimum absolute atomic E-state index is 0.0482. The highest BCUT2D eigenvalue weighted by molar-refractivity contribution is 5.97. The molecule has 0 saturated carbocycles. The van der Waals surface area contributed by atoms with E-state index in [9.17, 15) is 22.8 Å². The fourth-order valence-electron chi connectivity index (χ4n) is 3.19. The number of aromatic nitrogens is 1. The highest BCUT2D eigenvalue weighted by Crippen LogP contribution is 2.33. The standard InChI is InChI=1S/C17H13F3N2O5/c18-17(19,20)10-3-1-2-9(6-10)14-13(21-8-25-14)15(23)22-5-4-11-12(7-22)27-16(24)26-11/h1-3,6,8,11-12H,4-5,7H2. The van der Waals surface area contributed by atoms with Gasteiger partial charge in [0.1, 0.15) is 6.10 Å². The summed E-state index contributed by atoms with van der Waals surface area (Å²) in [6, 6.07) is 4.47. The molecule has 2 atom stereocenters. The van der Waals surface area contributed by atoms with Crippen molar-refractivity contribution in [2.24, 2.45) is 0 Å². The molecule has 0 N–H and O–H groups in total. The van der Waals surface area contributed by atoms with E-state index in [0.717, 1.165) is 18.5 Å². The van der Waals surface area contributed by atoms with Crippen LogP contribution in [0.25, 0.3) is 11.3 Å². The second kappa shape index (κ2) is 6.29. The molecule has 2 aromatic rings. The number of likely N-dealkylation sites (tertiary alicyclic amines) is 1. The van der Waals surface area contributed by atoms with Crippen LogP contribution in [0.1, 0.15) is 22.5 Å². The number of carbonyl (C=O) groups excluding carboxylic acids is 2. The Kier molecular flexibility index (Phi) is 4.05. The van der Waals surface area contributed by atoms with Crippen LogP contribution >= 0.6 is 0 Å². The van der Waals surface area contributed by atoms with Crippen LogP contribution < -0.4 is 0 Å². The molecular formula is C17H13F3N2O5. The highest BCUT2D eigenvalue weighted by atomic mass is 19.4. The number of alkyl halides is 3. The highest BCUT2D eigenvalue weighted by Gasteiger charge is 2.43. The predicted molar refractivity (Wildman–Crippen MR) is 82.6 cm³/mol. The molecule has 2 aliphatic heterocycles. The van der Waals surface area contributed by atoms with Crippen LogP contribution in [0.4, 0.5) is 18.0 Å². The molecule has 0 radical (unpaired) electrons. The van der Waals surface area contributed by atoms with Crippen LogP contribution in [0.5, 0.6) is 0 Å². The van der Waals surface area contributed by atoms with Crippen molar-refractivity contribution in [3.63, 3.8) is 0 Å². The maximum atomic E-state index is 12.9. The minimum Gasteiger partial charge on any atom is -0.443 e. The second-order valence-corrected chi connectivity index (χ2v) is 6.21. The van der Waals surface area contributed by atoms with E-state index >= 15 is 0 Å². The molecule has 4 rings (SSSR count). The number of carbonyl (C=O) groups is 2. The zero-order chi connectivity index (χ0) is 19.2. The lowest BCUT2D eigenvalue weighted by Crippen LogP contribution is -2.47. The van der Waals surface area contributed by atoms with Gasteiger partial charge >= 0.3 is 12.3 Å². The molecule has 2 saturated heterocycles. The number of hydrogen-bond acceptors (Lipinski definition) is 6. The molecule has 1 aromatic carbocycles. The van der Waals surface area contributed by atoms with Crippen molar-refractivity contribution in [1.29, 1.82) is 0 Å². The van der Waals surface area contributed by atoms with Crippen LogP contribution in [-0.2, 0) is 15.7 Å². The SMILES string of the molecule is O=C1OC2CCN(C(=O)c3ncoc3-c3cccc(C(F)(F)F)c3)CC2O1. The van der Waals surface area contributed by atoms with Crippen molar-refractivity contribution in [3.8, 4) is 11.3 Å². The number of benzene rings is 1. The van der Waals surface area contributed by atoms with Crippen molar-refractivity contribution in [1.82, 2.24) is 9.88 Å². The van der Waals surface area contributed by atoms with E-state index in [0.29, 0.717) is 13.0 Å². The number of ether oxygens (including phenoxy) is 2. The molecule has 142 valence electrons. The van der Waals surface area contributed by atoms with Crippen LogP contribution in [-0.4, -0.2) is 47.2 Å². The molecule has 0 bridgehead atoms. The van der Waals surface area contributed by atoms with Gasteiger partial charge in [0.05, 0.1) is 12.1 Å². The molecule has 2 aliphatic rings. The van der Waals surface area contributed by atoms with E-state index in [1.165, 1.54) is 17.0 Å². The van der Waals surface area contributed by atoms with E-state index in [-0.39, 0.29) is 23.6 Å². The number of piperidine rings is 1. The number of fused-ring (bicyclic) bond motifs is 1. The van der Waals surface area contributed by atoms with Gasteiger partial charge in [-0.2, -0.15) is 13.2 Å². The monoisotopic (exact) mass is 382 g/mol. The molecule has 1 aromatic heterocycles. The Balaban J connectivity index is 1.59. The fourth-order valence-corrected chi connectivity index (χ4v) is 3.19. The van der Waals surface area contributed by atoms with E-state index in [4.69, 9.17) is 13.9 Å². The molecule has 2 unspecified atom stereocenters. The first-order chi connectivity index (χ1) is 12.8. The molecule has 0 spiro atoms. The molecule has 3 heterocycles. The number of amides is 1. The zero-order valence-electron chi connectivity index (χ0n) is 13.7. The third kappa shape index (κ3) is 3.22. The summed E-state index contributed by atoms with van der Waals surface area (Å²) in [6.45, 7) is 0.412. The Hall–Kier alpha value is -3.04. The quantitative estimate of drug-likeness (QED) is 0.743. The topological polar surface area (TPSA) is 81.9 Å². The maximum Gasteiger partial charge on any atom is 0.509 e. The van der Waals surface area contributed by atoms with Crippen LogP contribution in [0.15, 0.2) is 35.1 Å². The third-order valence-electron chi connectivity index (χ3n) is 4.50. The summed E-state index contributed by atoms with van der Waals surface area (Å²) in [7, 11) is 0. The molecular weight excluding hydrogens is 369 g/mol. The van der Waals surface area contributed by atoms with Crippen molar-refractivity contribution < 1.29 is 36.7 Å². The van der Waals surface area contributed by atoms with Gasteiger partial charge in [0.25, 0.3) is 5.91 Å². The smallest absolute Gasteiger partial charge is 0.443 e. The Morgan fingerprint density at radius 3 is 2.78 bits per heavy atom. The fraction of sp³-hybridized carbons (Fsp3) is 0.353. The summed E-state index contributed by atoms with van der Waals surface area (Å²) in [5.74, 6) is -0.564. The average molecular weight is 382 g/mol. The lowest BCUT2D eigenvalue weighted by atomic mass is 10.0. The van der Waals surface area contributed by atoms with Gasteiger partial charge in [0, 0.05) is 18.5 Å². The number of rotatable bonds is 2. The predicted octanol–water partition coefficient (Wildman–Crippen LogP) is 3.11. The Morgan fingerprint density at radius 1 is 1.22 bits per heavy atom. The number of halogens is 3. The van der Waals surface area contributed by atoms with Gasteiger partial charge in [-0.25, -0.2) is 9.78 Å². The Bertz CT molecular complexity index is 895. The van der Waals surface area contributed by atoms with Crippen molar-refractivity contribution in [3.05, 3.63) is 41.9 Å². The summed E-state index contributed by atoms with van der Waals surface area (Å²) >= 11 is 0. The second-order valence-electron chi connectivity index (χ2n) is 6.21.